The van der Waals surface area contributed by atoms with Crippen molar-refractivity contribution in [3.8, 4) is 0 Å². The summed E-state index contributed by atoms with van der Waals surface area (Å²) in [6, 6.07) is 0.770. The molecule has 1 rings (SSSR count). The topological polar surface area (TPSA) is 12.0 Å². The molecule has 0 spiro atoms. The summed E-state index contributed by atoms with van der Waals surface area (Å²) in [5.41, 5.74) is 0. The van der Waals surface area contributed by atoms with Gasteiger partial charge in [0.2, 0.25) is 0 Å². The summed E-state index contributed by atoms with van der Waals surface area (Å²) in [4.78, 5) is 0. The van der Waals surface area contributed by atoms with Crippen LogP contribution in [0.25, 0.3) is 0 Å². The maximum atomic E-state index is 3.85. The van der Waals surface area contributed by atoms with E-state index in [1.807, 2.05) is 0 Å². The molecule has 0 aliphatic heterocycles. The molecule has 0 bridgehead atoms. The highest BCUT2D eigenvalue weighted by atomic mass is 14.9. The zero-order chi connectivity index (χ0) is 14.3. The number of nitrogens with one attached hydrogen (secondary N) is 1. The lowest BCUT2D eigenvalue weighted by molar-refractivity contribution is 0.137. The van der Waals surface area contributed by atoms with Gasteiger partial charge in [0, 0.05) is 6.04 Å². The SMILES string of the molecule is CCCCC(CC)C(NCC)C1CC(C)CC(C)C1. The van der Waals surface area contributed by atoms with Crippen molar-refractivity contribution < 1.29 is 0 Å². The summed E-state index contributed by atoms with van der Waals surface area (Å²) in [6.45, 7) is 13.0. The Morgan fingerprint density at radius 2 is 1.63 bits per heavy atom. The predicted molar refractivity (Wildman–Crippen MR) is 86.4 cm³/mol. The van der Waals surface area contributed by atoms with Crippen LogP contribution in [0.4, 0.5) is 0 Å². The van der Waals surface area contributed by atoms with Gasteiger partial charge in [-0.2, -0.15) is 0 Å². The standard InChI is InChI=1S/C18H37N/c1-6-9-10-16(7-2)18(19-8-3)17-12-14(4)11-15(5)13-17/h14-19H,6-13H2,1-5H3. The van der Waals surface area contributed by atoms with Crippen LogP contribution in [0.1, 0.15) is 79.6 Å². The molecule has 19 heavy (non-hydrogen) atoms. The fourth-order valence-corrected chi connectivity index (χ4v) is 4.36. The molecule has 1 nitrogen and oxygen atoms in total. The fraction of sp³-hybridized carbons (Fsp3) is 1.00. The van der Waals surface area contributed by atoms with E-state index in [0.29, 0.717) is 0 Å². The Balaban J connectivity index is 2.67. The van der Waals surface area contributed by atoms with Crippen LogP contribution in [0.5, 0.6) is 0 Å². The lowest BCUT2D eigenvalue weighted by atomic mass is 9.70. The van der Waals surface area contributed by atoms with E-state index < -0.39 is 0 Å². The Hall–Kier alpha value is -0.0400. The van der Waals surface area contributed by atoms with Crippen LogP contribution in [0.15, 0.2) is 0 Å². The zero-order valence-corrected chi connectivity index (χ0v) is 14.0. The van der Waals surface area contributed by atoms with Crippen LogP contribution in [-0.4, -0.2) is 12.6 Å². The number of unbranched alkanes of at least 4 members (excludes halogenated alkanes) is 1. The third-order valence-corrected chi connectivity index (χ3v) is 5.12. The minimum Gasteiger partial charge on any atom is -0.314 e. The summed E-state index contributed by atoms with van der Waals surface area (Å²) < 4.78 is 0. The van der Waals surface area contributed by atoms with Crippen molar-refractivity contribution in [2.45, 2.75) is 85.6 Å². The third-order valence-electron chi connectivity index (χ3n) is 5.12. The molecule has 0 aromatic heterocycles. The largest absolute Gasteiger partial charge is 0.314 e. The van der Waals surface area contributed by atoms with Crippen molar-refractivity contribution in [1.29, 1.82) is 0 Å². The molecule has 0 amide bonds. The van der Waals surface area contributed by atoms with E-state index in [1.54, 1.807) is 0 Å². The van der Waals surface area contributed by atoms with E-state index in [-0.39, 0.29) is 0 Å². The fourth-order valence-electron chi connectivity index (χ4n) is 4.36. The highest BCUT2D eigenvalue weighted by Crippen LogP contribution is 2.38. The van der Waals surface area contributed by atoms with Gasteiger partial charge in [0.1, 0.15) is 0 Å². The van der Waals surface area contributed by atoms with Gasteiger partial charge in [0.15, 0.2) is 0 Å². The van der Waals surface area contributed by atoms with Gasteiger partial charge in [-0.3, -0.25) is 0 Å². The van der Waals surface area contributed by atoms with E-state index in [4.69, 9.17) is 0 Å². The summed E-state index contributed by atoms with van der Waals surface area (Å²) >= 11 is 0. The second-order valence-corrected chi connectivity index (χ2v) is 7.07. The average molecular weight is 268 g/mol. The van der Waals surface area contributed by atoms with Crippen molar-refractivity contribution in [3.63, 3.8) is 0 Å². The predicted octanol–water partition coefficient (Wildman–Crippen LogP) is 5.25. The van der Waals surface area contributed by atoms with E-state index in [0.717, 1.165) is 36.3 Å². The minimum atomic E-state index is 0.770. The number of hydrogen-bond acceptors (Lipinski definition) is 1. The highest BCUT2D eigenvalue weighted by molar-refractivity contribution is 4.87. The van der Waals surface area contributed by atoms with Crippen molar-refractivity contribution in [3.05, 3.63) is 0 Å². The summed E-state index contributed by atoms with van der Waals surface area (Å²) in [6.07, 6.45) is 9.85. The Kier molecular flexibility index (Phi) is 8.06. The first-order valence-electron chi connectivity index (χ1n) is 8.85. The molecule has 1 heteroatoms. The van der Waals surface area contributed by atoms with E-state index >= 15 is 0 Å². The summed E-state index contributed by atoms with van der Waals surface area (Å²) in [7, 11) is 0. The van der Waals surface area contributed by atoms with E-state index in [2.05, 4.69) is 39.9 Å². The lowest BCUT2D eigenvalue weighted by Crippen LogP contribution is -2.44. The maximum Gasteiger partial charge on any atom is 0.0124 e. The average Bonchev–Trinajstić information content (AvgIpc) is 2.37. The Labute approximate surface area is 121 Å². The van der Waals surface area contributed by atoms with Gasteiger partial charge in [-0.15, -0.1) is 0 Å². The zero-order valence-electron chi connectivity index (χ0n) is 14.0. The van der Waals surface area contributed by atoms with Crippen LogP contribution in [0, 0.1) is 23.7 Å². The van der Waals surface area contributed by atoms with Gasteiger partial charge in [-0.05, 0) is 55.9 Å². The van der Waals surface area contributed by atoms with Gasteiger partial charge >= 0.3 is 0 Å². The molecule has 1 aliphatic rings. The first-order chi connectivity index (χ1) is 9.12. The van der Waals surface area contributed by atoms with Crippen LogP contribution in [0.2, 0.25) is 0 Å². The van der Waals surface area contributed by atoms with Gasteiger partial charge in [-0.25, -0.2) is 0 Å². The highest BCUT2D eigenvalue weighted by Gasteiger charge is 2.33. The van der Waals surface area contributed by atoms with E-state index in [1.165, 1.54) is 44.9 Å². The van der Waals surface area contributed by atoms with Gasteiger partial charge in [-0.1, -0.05) is 53.9 Å². The number of hydrogen-bond donors (Lipinski definition) is 1. The molecule has 1 saturated carbocycles. The van der Waals surface area contributed by atoms with Gasteiger partial charge in [0.25, 0.3) is 0 Å². The van der Waals surface area contributed by atoms with Crippen molar-refractivity contribution in [1.82, 2.24) is 5.32 Å². The molecule has 0 radical (unpaired) electrons. The molecule has 1 N–H and O–H groups in total. The molecule has 0 aromatic carbocycles. The van der Waals surface area contributed by atoms with Gasteiger partial charge < -0.3 is 5.32 Å². The summed E-state index contributed by atoms with van der Waals surface area (Å²) in [5, 5.41) is 3.85. The number of rotatable bonds is 8. The van der Waals surface area contributed by atoms with Crippen molar-refractivity contribution >= 4 is 0 Å². The van der Waals surface area contributed by atoms with Crippen LogP contribution in [0.3, 0.4) is 0 Å². The quantitative estimate of drug-likeness (QED) is 0.633. The molecular weight excluding hydrogens is 230 g/mol. The molecule has 1 fully saturated rings. The van der Waals surface area contributed by atoms with Crippen LogP contribution in [-0.2, 0) is 0 Å². The Morgan fingerprint density at radius 3 is 2.11 bits per heavy atom. The first-order valence-corrected chi connectivity index (χ1v) is 8.85. The summed E-state index contributed by atoms with van der Waals surface area (Å²) in [5.74, 6) is 3.67. The smallest absolute Gasteiger partial charge is 0.0124 e. The van der Waals surface area contributed by atoms with Crippen molar-refractivity contribution in [2.75, 3.05) is 6.54 Å². The molecule has 4 atom stereocenters. The Bertz CT molecular complexity index is 216. The second kappa shape index (κ2) is 9.00. The molecule has 0 aromatic rings. The van der Waals surface area contributed by atoms with Crippen molar-refractivity contribution in [2.24, 2.45) is 23.7 Å². The normalized spacial score (nSPS) is 31.1. The Morgan fingerprint density at radius 1 is 1.00 bits per heavy atom. The molecule has 1 aliphatic carbocycles. The molecular formula is C18H37N. The van der Waals surface area contributed by atoms with E-state index in [9.17, 15) is 0 Å². The maximum absolute atomic E-state index is 3.85. The second-order valence-electron chi connectivity index (χ2n) is 7.07. The minimum absolute atomic E-state index is 0.770. The molecule has 0 heterocycles. The van der Waals surface area contributed by atoms with Gasteiger partial charge in [0.05, 0.1) is 0 Å². The molecule has 114 valence electrons. The third kappa shape index (κ3) is 5.45. The van der Waals surface area contributed by atoms with Crippen LogP contribution >= 0.6 is 0 Å². The first kappa shape index (κ1) is 17.0. The lowest BCUT2D eigenvalue weighted by Gasteiger charge is -2.40. The molecule has 4 unspecified atom stereocenters. The van der Waals surface area contributed by atoms with Crippen LogP contribution < -0.4 is 5.32 Å². The molecule has 0 saturated heterocycles. The monoisotopic (exact) mass is 267 g/mol.